The number of unbranched alkanes of at least 4 members (excludes halogenated alkanes) is 4. The van der Waals surface area contributed by atoms with Crippen molar-refractivity contribution in [3.8, 4) is 0 Å². The number of aryl methyl sites for hydroxylation is 4. The lowest BCUT2D eigenvalue weighted by Gasteiger charge is -2.01. The molecular formula is C17H30I2N4. The molecule has 2 rings (SSSR count). The Kier molecular flexibility index (Phi) is 11.4. The second-order valence-corrected chi connectivity index (χ2v) is 6.14. The first-order valence-corrected chi connectivity index (χ1v) is 8.09. The molecule has 0 radical (unpaired) electrons. The predicted molar refractivity (Wildman–Crippen MR) is 83.7 cm³/mol. The molecule has 23 heavy (non-hydrogen) atoms. The van der Waals surface area contributed by atoms with E-state index in [1.165, 1.54) is 56.6 Å². The van der Waals surface area contributed by atoms with Gasteiger partial charge in [-0.3, -0.25) is 0 Å². The van der Waals surface area contributed by atoms with E-state index in [0.29, 0.717) is 0 Å². The fourth-order valence-corrected chi connectivity index (χ4v) is 3.04. The molecule has 0 saturated heterocycles. The first-order chi connectivity index (χ1) is 10.1. The molecule has 0 unspecified atom stereocenters. The van der Waals surface area contributed by atoms with Crippen molar-refractivity contribution in [3.05, 3.63) is 36.4 Å². The van der Waals surface area contributed by atoms with Gasteiger partial charge in [0.25, 0.3) is 11.6 Å². The summed E-state index contributed by atoms with van der Waals surface area (Å²) in [4.78, 5) is 0. The monoisotopic (exact) mass is 544 g/mol. The molecule has 0 spiro atoms. The van der Waals surface area contributed by atoms with E-state index < -0.39 is 0 Å². The maximum atomic E-state index is 2.23. The summed E-state index contributed by atoms with van der Waals surface area (Å²) in [5, 5.41) is 0. The predicted octanol–water partition coefficient (Wildman–Crippen LogP) is -4.24. The van der Waals surface area contributed by atoms with Gasteiger partial charge < -0.3 is 48.0 Å². The van der Waals surface area contributed by atoms with Crippen molar-refractivity contribution in [1.82, 2.24) is 9.13 Å². The van der Waals surface area contributed by atoms with Gasteiger partial charge in [0.15, 0.2) is 0 Å². The van der Waals surface area contributed by atoms with Crippen LogP contribution in [0.2, 0.25) is 0 Å². The molecule has 0 aliphatic heterocycles. The van der Waals surface area contributed by atoms with Gasteiger partial charge in [-0.15, -0.1) is 0 Å². The van der Waals surface area contributed by atoms with Crippen LogP contribution in [-0.4, -0.2) is 9.13 Å². The summed E-state index contributed by atoms with van der Waals surface area (Å²) in [6.07, 6.45) is 17.5. The van der Waals surface area contributed by atoms with Gasteiger partial charge in [-0.25, -0.2) is 18.3 Å². The molecular weight excluding hydrogens is 514 g/mol. The van der Waals surface area contributed by atoms with Gasteiger partial charge >= 0.3 is 0 Å². The third-order valence-corrected chi connectivity index (χ3v) is 4.46. The highest BCUT2D eigenvalue weighted by molar-refractivity contribution is 4.83. The van der Waals surface area contributed by atoms with Crippen LogP contribution in [0.1, 0.15) is 43.8 Å². The minimum absolute atomic E-state index is 0. The Morgan fingerprint density at radius 1 is 0.696 bits per heavy atom. The van der Waals surface area contributed by atoms with Crippen molar-refractivity contribution in [2.45, 2.75) is 44.9 Å². The fraction of sp³-hybridized carbons (Fsp3) is 0.647. The number of imidazole rings is 2. The lowest BCUT2D eigenvalue weighted by atomic mass is 10.1. The highest BCUT2D eigenvalue weighted by Crippen LogP contribution is 2.08. The van der Waals surface area contributed by atoms with E-state index in [-0.39, 0.29) is 48.0 Å². The molecule has 132 valence electrons. The Morgan fingerprint density at radius 2 is 1.04 bits per heavy atom. The molecule has 2 heterocycles. The zero-order chi connectivity index (χ0) is 15.2. The third-order valence-electron chi connectivity index (χ3n) is 4.46. The summed E-state index contributed by atoms with van der Waals surface area (Å²) in [5.74, 6) is 2.84. The first kappa shape index (κ1) is 22.9. The van der Waals surface area contributed by atoms with E-state index in [0.717, 1.165) is 0 Å². The van der Waals surface area contributed by atoms with Crippen LogP contribution >= 0.6 is 0 Å². The van der Waals surface area contributed by atoms with Crippen LogP contribution in [-0.2, 0) is 41.0 Å². The van der Waals surface area contributed by atoms with Gasteiger partial charge in [0.05, 0.1) is 28.2 Å². The topological polar surface area (TPSA) is 17.6 Å². The van der Waals surface area contributed by atoms with Crippen LogP contribution in [0.5, 0.6) is 0 Å². The summed E-state index contributed by atoms with van der Waals surface area (Å²) in [6.45, 7) is 0. The van der Waals surface area contributed by atoms with Crippen molar-refractivity contribution in [2.24, 2.45) is 28.2 Å². The zero-order valence-electron chi connectivity index (χ0n) is 14.8. The van der Waals surface area contributed by atoms with E-state index in [9.17, 15) is 0 Å². The smallest absolute Gasteiger partial charge is 0.255 e. The number of halogens is 2. The van der Waals surface area contributed by atoms with Crippen LogP contribution in [0, 0.1) is 0 Å². The average molecular weight is 544 g/mol. The maximum Gasteiger partial charge on any atom is 0.255 e. The van der Waals surface area contributed by atoms with Crippen LogP contribution in [0.3, 0.4) is 0 Å². The summed E-state index contributed by atoms with van der Waals surface area (Å²) in [5.41, 5.74) is 0. The lowest BCUT2D eigenvalue weighted by molar-refractivity contribution is -0.678. The summed E-state index contributed by atoms with van der Waals surface area (Å²) in [7, 11) is 8.54. The van der Waals surface area contributed by atoms with Gasteiger partial charge in [0, 0.05) is 12.8 Å². The largest absolute Gasteiger partial charge is 1.00 e. The van der Waals surface area contributed by atoms with Crippen molar-refractivity contribution in [1.29, 1.82) is 0 Å². The summed E-state index contributed by atoms with van der Waals surface area (Å²) < 4.78 is 8.93. The Hall–Kier alpha value is -0.120. The third kappa shape index (κ3) is 6.72. The molecule has 0 aliphatic rings. The van der Waals surface area contributed by atoms with Gasteiger partial charge in [-0.1, -0.05) is 19.3 Å². The number of hydrogen-bond acceptors (Lipinski definition) is 0. The second-order valence-electron chi connectivity index (χ2n) is 6.14. The highest BCUT2D eigenvalue weighted by atomic mass is 127. The minimum atomic E-state index is 0. The Morgan fingerprint density at radius 3 is 1.35 bits per heavy atom. The van der Waals surface area contributed by atoms with E-state index in [1.54, 1.807) is 0 Å². The average Bonchev–Trinajstić information content (AvgIpc) is 2.94. The molecule has 0 fully saturated rings. The molecule has 4 nitrogen and oxygen atoms in total. The fourth-order valence-electron chi connectivity index (χ4n) is 3.04. The molecule has 2 aromatic rings. The normalized spacial score (nSPS) is 10.3. The van der Waals surface area contributed by atoms with Crippen molar-refractivity contribution >= 4 is 0 Å². The maximum absolute atomic E-state index is 2.23. The number of aromatic nitrogens is 4. The zero-order valence-corrected chi connectivity index (χ0v) is 19.1. The number of rotatable bonds is 8. The van der Waals surface area contributed by atoms with Crippen LogP contribution < -0.4 is 57.1 Å². The Balaban J connectivity index is 0.00000242. The molecule has 6 heteroatoms. The van der Waals surface area contributed by atoms with Crippen LogP contribution in [0.15, 0.2) is 24.8 Å². The van der Waals surface area contributed by atoms with Gasteiger partial charge in [0.1, 0.15) is 24.8 Å². The first-order valence-electron chi connectivity index (χ1n) is 8.09. The quantitative estimate of drug-likeness (QED) is 0.182. The molecule has 0 aliphatic carbocycles. The lowest BCUT2D eigenvalue weighted by Crippen LogP contribution is -3.00. The highest BCUT2D eigenvalue weighted by Gasteiger charge is 2.11. The SMILES string of the molecule is Cn1cc[n+](C)c1CCCCCCCc1n(C)cc[n+]1C.[I-].[I-]. The molecule has 0 amide bonds. The van der Waals surface area contributed by atoms with E-state index >= 15 is 0 Å². The number of hydrogen-bond donors (Lipinski definition) is 0. The standard InChI is InChI=1S/C17H30N4.2HI/c1-18-12-13-19(2)16(18)10-8-6-5-7-9-11-17-20(3)14-15-21(17)4;;/h12-15H,5-11H2,1-4H3;2*1H/q+2;;/p-2. The molecule has 0 aromatic carbocycles. The second kappa shape index (κ2) is 11.4. The number of nitrogens with zero attached hydrogens (tertiary/aromatic N) is 4. The van der Waals surface area contributed by atoms with Crippen molar-refractivity contribution in [2.75, 3.05) is 0 Å². The van der Waals surface area contributed by atoms with Gasteiger partial charge in [0.2, 0.25) is 0 Å². The Bertz CT molecular complexity index is 486. The van der Waals surface area contributed by atoms with Gasteiger partial charge in [-0.05, 0) is 12.8 Å². The molecule has 0 bridgehead atoms. The van der Waals surface area contributed by atoms with Crippen molar-refractivity contribution in [3.63, 3.8) is 0 Å². The van der Waals surface area contributed by atoms with Crippen LogP contribution in [0.25, 0.3) is 0 Å². The van der Waals surface area contributed by atoms with Crippen molar-refractivity contribution < 1.29 is 57.1 Å². The van der Waals surface area contributed by atoms with E-state index in [4.69, 9.17) is 0 Å². The molecule has 0 N–H and O–H groups in total. The van der Waals surface area contributed by atoms with E-state index in [1.807, 2.05) is 0 Å². The van der Waals surface area contributed by atoms with Crippen LogP contribution in [0.4, 0.5) is 0 Å². The minimum Gasteiger partial charge on any atom is -1.00 e. The van der Waals surface area contributed by atoms with Gasteiger partial charge in [-0.2, -0.15) is 0 Å². The van der Waals surface area contributed by atoms with E-state index in [2.05, 4.69) is 71.2 Å². The molecule has 0 saturated carbocycles. The molecule has 0 atom stereocenters. The molecule has 2 aromatic heterocycles. The Labute approximate surface area is 174 Å². The summed E-state index contributed by atoms with van der Waals surface area (Å²) >= 11 is 0. The summed E-state index contributed by atoms with van der Waals surface area (Å²) in [6, 6.07) is 0.